The van der Waals surface area contributed by atoms with E-state index in [0.717, 1.165) is 22.6 Å². The summed E-state index contributed by atoms with van der Waals surface area (Å²) in [6.07, 6.45) is 0.0131. The van der Waals surface area contributed by atoms with Crippen LogP contribution in [0.1, 0.15) is 33.3 Å². The topological polar surface area (TPSA) is 49.4 Å². The van der Waals surface area contributed by atoms with E-state index in [1.165, 1.54) is 17.4 Å². The summed E-state index contributed by atoms with van der Waals surface area (Å²) in [5.74, 6) is -2.50. The Morgan fingerprint density at radius 1 is 1.11 bits per heavy atom. The van der Waals surface area contributed by atoms with Crippen LogP contribution in [0.3, 0.4) is 0 Å². The molecule has 2 aromatic carbocycles. The van der Waals surface area contributed by atoms with E-state index in [2.05, 4.69) is 5.32 Å². The lowest BCUT2D eigenvalue weighted by Gasteiger charge is -2.26. The molecule has 142 valence electrons. The molecule has 2 heterocycles. The van der Waals surface area contributed by atoms with Crippen molar-refractivity contribution in [3.8, 4) is 0 Å². The van der Waals surface area contributed by atoms with Crippen LogP contribution in [-0.2, 0) is 11.3 Å². The molecule has 0 fully saturated rings. The standard InChI is InChI=1S/C21H16F2N2O2S/c22-16-8-7-14(10-17(16)23)24-20(26)11-18(19-6-3-9-28-19)25-12-13-4-1-2-5-15(13)21(25)27/h1-10,18H,11-12H2,(H,24,26)/t18-/m1/s1. The van der Waals surface area contributed by atoms with Gasteiger partial charge < -0.3 is 10.2 Å². The van der Waals surface area contributed by atoms with Gasteiger partial charge in [0, 0.05) is 28.7 Å². The first-order chi connectivity index (χ1) is 13.5. The summed E-state index contributed by atoms with van der Waals surface area (Å²) >= 11 is 1.47. The van der Waals surface area contributed by atoms with Gasteiger partial charge in [-0.1, -0.05) is 24.3 Å². The van der Waals surface area contributed by atoms with Crippen molar-refractivity contribution in [1.82, 2.24) is 4.90 Å². The van der Waals surface area contributed by atoms with Gasteiger partial charge in [-0.2, -0.15) is 0 Å². The molecule has 1 N–H and O–H groups in total. The number of nitrogens with one attached hydrogen (secondary N) is 1. The number of hydrogen-bond donors (Lipinski definition) is 1. The van der Waals surface area contributed by atoms with Gasteiger partial charge in [0.1, 0.15) is 0 Å². The minimum atomic E-state index is -1.03. The molecule has 1 aliphatic heterocycles. The molecule has 1 atom stereocenters. The van der Waals surface area contributed by atoms with Gasteiger partial charge in [0.05, 0.1) is 12.5 Å². The van der Waals surface area contributed by atoms with Crippen molar-refractivity contribution in [2.75, 3.05) is 5.32 Å². The zero-order chi connectivity index (χ0) is 19.7. The summed E-state index contributed by atoms with van der Waals surface area (Å²) in [6.45, 7) is 0.427. The predicted octanol–water partition coefficient (Wildman–Crippen LogP) is 4.75. The SMILES string of the molecule is O=C(C[C@H](c1cccs1)N1Cc2ccccc2C1=O)Nc1ccc(F)c(F)c1. The van der Waals surface area contributed by atoms with Crippen molar-refractivity contribution in [3.63, 3.8) is 0 Å². The van der Waals surface area contributed by atoms with Gasteiger partial charge >= 0.3 is 0 Å². The lowest BCUT2D eigenvalue weighted by atomic mass is 10.1. The molecule has 0 radical (unpaired) electrons. The molecule has 0 spiro atoms. The Kier molecular flexibility index (Phi) is 4.92. The van der Waals surface area contributed by atoms with Crippen LogP contribution in [0.15, 0.2) is 60.0 Å². The third-order valence-electron chi connectivity index (χ3n) is 4.68. The van der Waals surface area contributed by atoms with Crippen LogP contribution in [0.5, 0.6) is 0 Å². The fraction of sp³-hybridized carbons (Fsp3) is 0.143. The number of rotatable bonds is 5. The highest BCUT2D eigenvalue weighted by Crippen LogP contribution is 2.35. The Morgan fingerprint density at radius 3 is 2.64 bits per heavy atom. The van der Waals surface area contributed by atoms with Gasteiger partial charge in [0.25, 0.3) is 5.91 Å². The molecule has 4 nitrogen and oxygen atoms in total. The van der Waals surface area contributed by atoms with Crippen LogP contribution in [0.25, 0.3) is 0 Å². The molecule has 0 aliphatic carbocycles. The number of thiophene rings is 1. The van der Waals surface area contributed by atoms with Crippen LogP contribution in [0.4, 0.5) is 14.5 Å². The smallest absolute Gasteiger partial charge is 0.255 e. The van der Waals surface area contributed by atoms with Gasteiger partial charge in [-0.15, -0.1) is 11.3 Å². The number of nitrogens with zero attached hydrogens (tertiary/aromatic N) is 1. The monoisotopic (exact) mass is 398 g/mol. The highest BCUT2D eigenvalue weighted by atomic mass is 32.1. The highest BCUT2D eigenvalue weighted by molar-refractivity contribution is 7.10. The number of hydrogen-bond acceptors (Lipinski definition) is 3. The number of fused-ring (bicyclic) bond motifs is 1. The van der Waals surface area contributed by atoms with E-state index in [9.17, 15) is 18.4 Å². The van der Waals surface area contributed by atoms with E-state index in [-0.39, 0.29) is 23.9 Å². The summed E-state index contributed by atoms with van der Waals surface area (Å²) < 4.78 is 26.5. The maximum Gasteiger partial charge on any atom is 0.255 e. The number of benzene rings is 2. The van der Waals surface area contributed by atoms with Crippen molar-refractivity contribution >= 4 is 28.8 Å². The third kappa shape index (κ3) is 3.53. The summed E-state index contributed by atoms with van der Waals surface area (Å²) in [7, 11) is 0. The van der Waals surface area contributed by atoms with Gasteiger partial charge in [-0.05, 0) is 35.2 Å². The average molecular weight is 398 g/mol. The molecule has 1 aliphatic rings. The van der Waals surface area contributed by atoms with Gasteiger partial charge in [0.15, 0.2) is 11.6 Å². The van der Waals surface area contributed by atoms with Crippen LogP contribution in [-0.4, -0.2) is 16.7 Å². The zero-order valence-corrected chi connectivity index (χ0v) is 15.5. The highest BCUT2D eigenvalue weighted by Gasteiger charge is 2.34. The average Bonchev–Trinajstić information content (AvgIpc) is 3.32. The predicted molar refractivity (Wildman–Crippen MR) is 103 cm³/mol. The van der Waals surface area contributed by atoms with E-state index >= 15 is 0 Å². The van der Waals surface area contributed by atoms with Crippen molar-refractivity contribution in [1.29, 1.82) is 0 Å². The lowest BCUT2D eigenvalue weighted by Crippen LogP contribution is -2.31. The lowest BCUT2D eigenvalue weighted by molar-refractivity contribution is -0.117. The summed E-state index contributed by atoms with van der Waals surface area (Å²) in [5.41, 5.74) is 1.74. The quantitative estimate of drug-likeness (QED) is 0.674. The normalized spacial score (nSPS) is 14.1. The van der Waals surface area contributed by atoms with E-state index in [4.69, 9.17) is 0 Å². The first-order valence-corrected chi connectivity index (χ1v) is 9.58. The number of amides is 2. The second-order valence-corrected chi connectivity index (χ2v) is 7.48. The largest absolute Gasteiger partial charge is 0.326 e. The molecule has 0 saturated carbocycles. The molecule has 28 heavy (non-hydrogen) atoms. The van der Waals surface area contributed by atoms with E-state index in [1.54, 1.807) is 11.0 Å². The fourth-order valence-electron chi connectivity index (χ4n) is 3.34. The summed E-state index contributed by atoms with van der Waals surface area (Å²) in [5, 5.41) is 4.48. The van der Waals surface area contributed by atoms with Crippen LogP contribution in [0, 0.1) is 11.6 Å². The third-order valence-corrected chi connectivity index (χ3v) is 5.65. The number of halogens is 2. The minimum absolute atomic E-state index is 0.0131. The Hall–Kier alpha value is -3.06. The maximum absolute atomic E-state index is 13.4. The Morgan fingerprint density at radius 2 is 1.93 bits per heavy atom. The fourth-order valence-corrected chi connectivity index (χ4v) is 4.17. The molecular formula is C21H16F2N2O2S. The van der Waals surface area contributed by atoms with Crippen LogP contribution < -0.4 is 5.32 Å². The molecular weight excluding hydrogens is 382 g/mol. The molecule has 0 bridgehead atoms. The van der Waals surface area contributed by atoms with E-state index in [0.29, 0.717) is 12.1 Å². The van der Waals surface area contributed by atoms with Gasteiger partial charge in [-0.3, -0.25) is 9.59 Å². The Balaban J connectivity index is 1.55. The molecule has 3 aromatic rings. The zero-order valence-electron chi connectivity index (χ0n) is 14.7. The second-order valence-electron chi connectivity index (χ2n) is 6.50. The molecule has 1 aromatic heterocycles. The van der Waals surface area contributed by atoms with Crippen molar-refractivity contribution < 1.29 is 18.4 Å². The Bertz CT molecular complexity index is 1040. The van der Waals surface area contributed by atoms with Crippen molar-refractivity contribution in [3.05, 3.63) is 87.6 Å². The second kappa shape index (κ2) is 7.52. The summed E-state index contributed by atoms with van der Waals surface area (Å²) in [6, 6.07) is 13.9. The first-order valence-electron chi connectivity index (χ1n) is 8.70. The molecule has 7 heteroatoms. The molecule has 0 saturated heterocycles. The summed E-state index contributed by atoms with van der Waals surface area (Å²) in [4.78, 5) is 28.0. The van der Waals surface area contributed by atoms with Crippen LogP contribution in [0.2, 0.25) is 0 Å². The van der Waals surface area contributed by atoms with E-state index < -0.39 is 17.7 Å². The van der Waals surface area contributed by atoms with Gasteiger partial charge in [-0.25, -0.2) is 8.78 Å². The first kappa shape index (κ1) is 18.3. The number of carbonyl (C=O) groups excluding carboxylic acids is 2. The molecule has 0 unspecified atom stereocenters. The molecule has 4 rings (SSSR count). The number of anilines is 1. The van der Waals surface area contributed by atoms with Crippen LogP contribution >= 0.6 is 11.3 Å². The number of carbonyl (C=O) groups is 2. The van der Waals surface area contributed by atoms with Crippen molar-refractivity contribution in [2.24, 2.45) is 0 Å². The Labute approximate surface area is 164 Å². The minimum Gasteiger partial charge on any atom is -0.326 e. The van der Waals surface area contributed by atoms with Crippen molar-refractivity contribution in [2.45, 2.75) is 19.0 Å². The van der Waals surface area contributed by atoms with Gasteiger partial charge in [0.2, 0.25) is 5.91 Å². The molecule has 2 amide bonds. The maximum atomic E-state index is 13.4. The van der Waals surface area contributed by atoms with E-state index in [1.807, 2.05) is 35.7 Å².